The van der Waals surface area contributed by atoms with Crippen molar-refractivity contribution < 1.29 is 9.59 Å². The Kier molecular flexibility index (Phi) is 4.83. The van der Waals surface area contributed by atoms with Gasteiger partial charge >= 0.3 is 0 Å². The summed E-state index contributed by atoms with van der Waals surface area (Å²) in [5.74, 6) is -0.890. The van der Waals surface area contributed by atoms with E-state index in [0.717, 1.165) is 0 Å². The Bertz CT molecular complexity index is 682. The molecule has 2 aromatic carbocycles. The van der Waals surface area contributed by atoms with Crippen molar-refractivity contribution in [3.05, 3.63) is 63.6 Å². The number of rotatable bonds is 4. The van der Waals surface area contributed by atoms with Gasteiger partial charge in [0.1, 0.15) is 0 Å². The summed E-state index contributed by atoms with van der Waals surface area (Å²) in [4.78, 5) is 23.3. The van der Waals surface area contributed by atoms with Crippen LogP contribution in [0.4, 0.5) is 5.69 Å². The van der Waals surface area contributed by atoms with Gasteiger partial charge in [-0.3, -0.25) is 9.59 Å². The lowest BCUT2D eigenvalue weighted by Gasteiger charge is -2.09. The van der Waals surface area contributed by atoms with Crippen molar-refractivity contribution in [2.45, 2.75) is 6.42 Å². The molecule has 0 atom stereocenters. The first-order chi connectivity index (χ1) is 9.95. The number of anilines is 1. The number of hydrogen-bond donors (Lipinski definition) is 2. The largest absolute Gasteiger partial charge is 0.366 e. The molecule has 0 aliphatic rings. The molecule has 0 aliphatic carbocycles. The molecule has 4 nitrogen and oxygen atoms in total. The van der Waals surface area contributed by atoms with Gasteiger partial charge in [-0.25, -0.2) is 0 Å². The second-order valence-electron chi connectivity index (χ2n) is 4.41. The third-order valence-corrected chi connectivity index (χ3v) is 3.19. The zero-order valence-electron chi connectivity index (χ0n) is 10.9. The van der Waals surface area contributed by atoms with E-state index in [2.05, 4.69) is 5.32 Å². The summed E-state index contributed by atoms with van der Waals surface area (Å²) in [6.45, 7) is 0. The van der Waals surface area contributed by atoms with E-state index in [1.54, 1.807) is 42.5 Å². The lowest BCUT2D eigenvalue weighted by molar-refractivity contribution is -0.115. The first-order valence-electron chi connectivity index (χ1n) is 6.09. The minimum atomic E-state index is -0.600. The van der Waals surface area contributed by atoms with Gasteiger partial charge in [0.15, 0.2) is 0 Å². The van der Waals surface area contributed by atoms with Gasteiger partial charge in [0.2, 0.25) is 5.91 Å². The van der Waals surface area contributed by atoms with Crippen molar-refractivity contribution in [2.75, 3.05) is 5.32 Å². The first kappa shape index (κ1) is 15.4. The molecule has 0 aromatic heterocycles. The summed E-state index contributed by atoms with van der Waals surface area (Å²) in [5, 5.41) is 3.58. The molecule has 0 saturated heterocycles. The van der Waals surface area contributed by atoms with E-state index in [9.17, 15) is 9.59 Å². The molecule has 108 valence electrons. The number of benzene rings is 2. The molecule has 0 aliphatic heterocycles. The predicted octanol–water partition coefficient (Wildman–Crippen LogP) is 3.27. The minimum Gasteiger partial charge on any atom is -0.366 e. The number of amides is 2. The summed E-state index contributed by atoms with van der Waals surface area (Å²) in [6.07, 6.45) is 0.0907. The fourth-order valence-electron chi connectivity index (χ4n) is 1.90. The van der Waals surface area contributed by atoms with Crippen LogP contribution in [0.15, 0.2) is 42.5 Å². The van der Waals surface area contributed by atoms with Crippen LogP contribution in [0.1, 0.15) is 15.9 Å². The monoisotopic (exact) mass is 322 g/mol. The smallest absolute Gasteiger partial charge is 0.250 e. The topological polar surface area (TPSA) is 72.2 Å². The third kappa shape index (κ3) is 4.21. The number of carbonyl (C=O) groups excluding carboxylic acids is 2. The van der Waals surface area contributed by atoms with Crippen LogP contribution in [0, 0.1) is 0 Å². The summed E-state index contributed by atoms with van der Waals surface area (Å²) >= 11 is 11.8. The molecule has 0 saturated carbocycles. The molecule has 2 aromatic rings. The number of para-hydroxylation sites is 1. The lowest BCUT2D eigenvalue weighted by Crippen LogP contribution is -2.19. The van der Waals surface area contributed by atoms with E-state index < -0.39 is 5.91 Å². The minimum absolute atomic E-state index is 0.0907. The van der Waals surface area contributed by atoms with Crippen LogP contribution in [0.2, 0.25) is 10.0 Å². The summed E-state index contributed by atoms with van der Waals surface area (Å²) in [5.41, 5.74) is 6.58. The highest BCUT2D eigenvalue weighted by Crippen LogP contribution is 2.20. The molecule has 0 heterocycles. The molecule has 2 rings (SSSR count). The van der Waals surface area contributed by atoms with Gasteiger partial charge in [-0.05, 0) is 35.9 Å². The molecule has 0 unspecified atom stereocenters. The Morgan fingerprint density at radius 3 is 2.29 bits per heavy atom. The van der Waals surface area contributed by atoms with Gasteiger partial charge in [0.05, 0.1) is 17.7 Å². The number of nitrogens with one attached hydrogen (secondary N) is 1. The number of hydrogen-bond acceptors (Lipinski definition) is 2. The average molecular weight is 323 g/mol. The van der Waals surface area contributed by atoms with E-state index >= 15 is 0 Å². The van der Waals surface area contributed by atoms with Crippen molar-refractivity contribution in [1.82, 2.24) is 0 Å². The Balaban J connectivity index is 2.14. The second-order valence-corrected chi connectivity index (χ2v) is 5.29. The van der Waals surface area contributed by atoms with Gasteiger partial charge in [-0.2, -0.15) is 0 Å². The summed E-state index contributed by atoms with van der Waals surface area (Å²) in [7, 11) is 0. The maximum absolute atomic E-state index is 12.0. The Morgan fingerprint density at radius 2 is 1.67 bits per heavy atom. The van der Waals surface area contributed by atoms with Crippen LogP contribution in [0.5, 0.6) is 0 Å². The van der Waals surface area contributed by atoms with Crippen LogP contribution in [0.25, 0.3) is 0 Å². The van der Waals surface area contributed by atoms with Crippen molar-refractivity contribution in [2.24, 2.45) is 5.73 Å². The van der Waals surface area contributed by atoms with Crippen molar-refractivity contribution >= 4 is 40.7 Å². The molecule has 2 amide bonds. The van der Waals surface area contributed by atoms with Crippen molar-refractivity contribution in [3.8, 4) is 0 Å². The molecule has 0 spiro atoms. The number of nitrogens with two attached hydrogens (primary N) is 1. The quantitative estimate of drug-likeness (QED) is 0.906. The Hall–Kier alpha value is -2.04. The average Bonchev–Trinajstić information content (AvgIpc) is 2.37. The SMILES string of the molecule is NC(=O)c1ccccc1NC(=O)Cc1cc(Cl)cc(Cl)c1. The van der Waals surface area contributed by atoms with Crippen LogP contribution in [0.3, 0.4) is 0 Å². The van der Waals surface area contributed by atoms with Crippen LogP contribution in [-0.4, -0.2) is 11.8 Å². The molecule has 3 N–H and O–H groups in total. The van der Waals surface area contributed by atoms with E-state index in [-0.39, 0.29) is 17.9 Å². The third-order valence-electron chi connectivity index (χ3n) is 2.75. The molecular weight excluding hydrogens is 311 g/mol. The highest BCUT2D eigenvalue weighted by molar-refractivity contribution is 6.34. The van der Waals surface area contributed by atoms with Crippen LogP contribution in [-0.2, 0) is 11.2 Å². The number of primary amides is 1. The lowest BCUT2D eigenvalue weighted by atomic mass is 10.1. The van der Waals surface area contributed by atoms with Gasteiger partial charge in [0, 0.05) is 10.0 Å². The molecule has 21 heavy (non-hydrogen) atoms. The molecule has 0 bridgehead atoms. The Morgan fingerprint density at radius 1 is 1.05 bits per heavy atom. The van der Waals surface area contributed by atoms with E-state index in [1.165, 1.54) is 0 Å². The Labute approximate surface area is 131 Å². The van der Waals surface area contributed by atoms with E-state index in [0.29, 0.717) is 21.3 Å². The zero-order valence-corrected chi connectivity index (χ0v) is 12.4. The molecule has 0 fully saturated rings. The van der Waals surface area contributed by atoms with Crippen LogP contribution >= 0.6 is 23.2 Å². The van der Waals surface area contributed by atoms with E-state index in [1.807, 2.05) is 0 Å². The maximum atomic E-state index is 12.0. The standard InChI is InChI=1S/C15H12Cl2N2O2/c16-10-5-9(6-11(17)8-10)7-14(20)19-13-4-2-1-3-12(13)15(18)21/h1-6,8H,7H2,(H2,18,21)(H,19,20). The highest BCUT2D eigenvalue weighted by atomic mass is 35.5. The van der Waals surface area contributed by atoms with Gasteiger partial charge in [-0.1, -0.05) is 35.3 Å². The maximum Gasteiger partial charge on any atom is 0.250 e. The van der Waals surface area contributed by atoms with Crippen LogP contribution < -0.4 is 11.1 Å². The van der Waals surface area contributed by atoms with Gasteiger partial charge in [0.25, 0.3) is 5.91 Å². The normalized spacial score (nSPS) is 10.2. The highest BCUT2D eigenvalue weighted by Gasteiger charge is 2.11. The fraction of sp³-hybridized carbons (Fsp3) is 0.0667. The molecular formula is C15H12Cl2N2O2. The van der Waals surface area contributed by atoms with Gasteiger partial charge in [-0.15, -0.1) is 0 Å². The molecule has 6 heteroatoms. The van der Waals surface area contributed by atoms with E-state index in [4.69, 9.17) is 28.9 Å². The van der Waals surface area contributed by atoms with Crippen molar-refractivity contribution in [3.63, 3.8) is 0 Å². The summed E-state index contributed by atoms with van der Waals surface area (Å²) < 4.78 is 0. The first-order valence-corrected chi connectivity index (χ1v) is 6.85. The zero-order chi connectivity index (χ0) is 15.4. The second kappa shape index (κ2) is 6.61. The number of halogens is 2. The number of carbonyl (C=O) groups is 2. The van der Waals surface area contributed by atoms with Crippen molar-refractivity contribution in [1.29, 1.82) is 0 Å². The van der Waals surface area contributed by atoms with Gasteiger partial charge < -0.3 is 11.1 Å². The summed E-state index contributed by atoms with van der Waals surface area (Å²) in [6, 6.07) is 11.5. The fourth-order valence-corrected chi connectivity index (χ4v) is 2.47. The molecule has 0 radical (unpaired) electrons. The predicted molar refractivity (Wildman–Crippen MR) is 83.8 cm³/mol.